The van der Waals surface area contributed by atoms with Crippen LogP contribution in [0.3, 0.4) is 0 Å². The van der Waals surface area contributed by atoms with Gasteiger partial charge in [-0.25, -0.2) is 0 Å². The molecule has 10 heavy (non-hydrogen) atoms. The molecule has 0 radical (unpaired) electrons. The minimum atomic E-state index is -0.0581. The van der Waals surface area contributed by atoms with Crippen LogP contribution in [0.15, 0.2) is 18.2 Å². The number of rotatable bonds is 1. The fourth-order valence-electron chi connectivity index (χ4n) is 0.789. The lowest BCUT2D eigenvalue weighted by Gasteiger charge is -1.98. The second kappa shape index (κ2) is 2.65. The molecular formula is C7H9BO2. The summed E-state index contributed by atoms with van der Waals surface area (Å²) in [5, 5.41) is 17.9. The number of phenols is 2. The van der Waals surface area contributed by atoms with E-state index in [9.17, 15) is 0 Å². The maximum absolute atomic E-state index is 8.98. The van der Waals surface area contributed by atoms with Crippen molar-refractivity contribution in [3.8, 4) is 11.5 Å². The van der Waals surface area contributed by atoms with Gasteiger partial charge in [-0.15, -0.1) is 0 Å². The molecule has 0 aliphatic heterocycles. The first-order chi connectivity index (χ1) is 4.74. The highest BCUT2D eigenvalue weighted by Gasteiger charge is 1.97. The van der Waals surface area contributed by atoms with E-state index in [4.69, 9.17) is 10.2 Å². The number of phenolic OH excluding ortho intramolecular Hbond substituents is 2. The minimum absolute atomic E-state index is 0.0423. The normalized spacial score (nSPS) is 9.30. The molecule has 0 aromatic heterocycles. The molecule has 0 spiro atoms. The maximum atomic E-state index is 8.98. The summed E-state index contributed by atoms with van der Waals surface area (Å²) in [6, 6.07) is 4.85. The van der Waals surface area contributed by atoms with Crippen molar-refractivity contribution in [3.05, 3.63) is 18.2 Å². The van der Waals surface area contributed by atoms with Crippen LogP contribution in [0.2, 0.25) is 6.82 Å². The first-order valence-electron chi connectivity index (χ1n) is 3.25. The van der Waals surface area contributed by atoms with Crippen LogP contribution in [0.1, 0.15) is 0 Å². The Labute approximate surface area is 60.4 Å². The summed E-state index contributed by atoms with van der Waals surface area (Å²) >= 11 is 0. The van der Waals surface area contributed by atoms with Crippen molar-refractivity contribution in [2.24, 2.45) is 0 Å². The number of hydrogen-bond acceptors (Lipinski definition) is 2. The van der Waals surface area contributed by atoms with E-state index in [2.05, 4.69) is 0 Å². The zero-order chi connectivity index (χ0) is 7.56. The SMILES string of the molecule is CBc1ccc(O)c(O)c1. The first-order valence-corrected chi connectivity index (χ1v) is 3.25. The molecule has 52 valence electrons. The third-order valence-electron chi connectivity index (χ3n) is 1.45. The summed E-state index contributed by atoms with van der Waals surface area (Å²) in [5.74, 6) is -0.100. The predicted molar refractivity (Wildman–Crippen MR) is 42.4 cm³/mol. The van der Waals surface area contributed by atoms with E-state index in [1.807, 2.05) is 6.82 Å². The molecule has 0 heterocycles. The summed E-state index contributed by atoms with van der Waals surface area (Å²) in [6.07, 6.45) is 0. The van der Waals surface area contributed by atoms with Gasteiger partial charge in [0.2, 0.25) is 0 Å². The van der Waals surface area contributed by atoms with Crippen LogP contribution in [-0.2, 0) is 0 Å². The molecular weight excluding hydrogens is 127 g/mol. The Morgan fingerprint density at radius 2 is 1.90 bits per heavy atom. The van der Waals surface area contributed by atoms with Gasteiger partial charge in [-0.05, 0) is 12.1 Å². The van der Waals surface area contributed by atoms with Gasteiger partial charge in [0.1, 0.15) is 0 Å². The minimum Gasteiger partial charge on any atom is -0.504 e. The summed E-state index contributed by atoms with van der Waals surface area (Å²) in [7, 11) is 0.869. The van der Waals surface area contributed by atoms with E-state index in [0.717, 1.165) is 12.7 Å². The Morgan fingerprint density at radius 3 is 2.40 bits per heavy atom. The lowest BCUT2D eigenvalue weighted by atomic mass is 9.73. The molecule has 0 fully saturated rings. The second-order valence-electron chi connectivity index (χ2n) is 2.18. The molecule has 1 rings (SSSR count). The Bertz CT molecular complexity index is 235. The van der Waals surface area contributed by atoms with Crippen molar-refractivity contribution in [1.82, 2.24) is 0 Å². The van der Waals surface area contributed by atoms with E-state index in [-0.39, 0.29) is 11.5 Å². The highest BCUT2D eigenvalue weighted by Crippen LogP contribution is 2.20. The van der Waals surface area contributed by atoms with Crippen molar-refractivity contribution >= 4 is 12.7 Å². The molecule has 0 bridgehead atoms. The van der Waals surface area contributed by atoms with E-state index < -0.39 is 0 Å². The average Bonchev–Trinajstić information content (AvgIpc) is 1.95. The van der Waals surface area contributed by atoms with Crippen LogP contribution < -0.4 is 5.46 Å². The molecule has 0 atom stereocenters. The second-order valence-corrected chi connectivity index (χ2v) is 2.18. The zero-order valence-electron chi connectivity index (χ0n) is 5.83. The van der Waals surface area contributed by atoms with Crippen molar-refractivity contribution in [3.63, 3.8) is 0 Å². The first kappa shape index (κ1) is 7.00. The molecule has 1 aromatic rings. The maximum Gasteiger partial charge on any atom is 0.157 e. The standard InChI is InChI=1S/C7H9BO2/c1-8-5-2-3-6(9)7(10)4-5/h2-4,8-10H,1H3. The van der Waals surface area contributed by atoms with Gasteiger partial charge in [-0.1, -0.05) is 18.4 Å². The average molecular weight is 136 g/mol. The molecule has 3 heteroatoms. The molecule has 0 amide bonds. The molecule has 0 saturated heterocycles. The molecule has 2 nitrogen and oxygen atoms in total. The molecule has 0 saturated carbocycles. The lowest BCUT2D eigenvalue weighted by Crippen LogP contribution is -2.08. The Hall–Kier alpha value is -1.12. The van der Waals surface area contributed by atoms with Gasteiger partial charge in [-0.3, -0.25) is 0 Å². The van der Waals surface area contributed by atoms with Crippen LogP contribution in [-0.4, -0.2) is 17.5 Å². The van der Waals surface area contributed by atoms with E-state index in [0.29, 0.717) is 0 Å². The topological polar surface area (TPSA) is 40.5 Å². The van der Waals surface area contributed by atoms with Gasteiger partial charge in [0, 0.05) is 0 Å². The quantitative estimate of drug-likeness (QED) is 0.427. The predicted octanol–water partition coefficient (Wildman–Crippen LogP) is 0.208. The summed E-state index contributed by atoms with van der Waals surface area (Å²) < 4.78 is 0. The van der Waals surface area contributed by atoms with Gasteiger partial charge < -0.3 is 10.2 Å². The molecule has 0 aliphatic carbocycles. The van der Waals surface area contributed by atoms with Gasteiger partial charge in [0.25, 0.3) is 0 Å². The molecule has 0 unspecified atom stereocenters. The summed E-state index contributed by atoms with van der Waals surface area (Å²) in [4.78, 5) is 0. The largest absolute Gasteiger partial charge is 0.504 e. The van der Waals surface area contributed by atoms with Crippen LogP contribution in [0.4, 0.5) is 0 Å². The van der Waals surface area contributed by atoms with Crippen molar-refractivity contribution < 1.29 is 10.2 Å². The highest BCUT2D eigenvalue weighted by molar-refractivity contribution is 6.52. The smallest absolute Gasteiger partial charge is 0.157 e. The van der Waals surface area contributed by atoms with Gasteiger partial charge in [0.05, 0.1) is 0 Å². The molecule has 0 aliphatic rings. The van der Waals surface area contributed by atoms with E-state index in [1.54, 1.807) is 12.1 Å². The van der Waals surface area contributed by atoms with E-state index in [1.165, 1.54) is 6.07 Å². The number of aromatic hydroxyl groups is 2. The Kier molecular flexibility index (Phi) is 1.85. The monoisotopic (exact) mass is 136 g/mol. The lowest BCUT2D eigenvalue weighted by molar-refractivity contribution is 0.404. The summed E-state index contributed by atoms with van der Waals surface area (Å²) in [5.41, 5.74) is 1.02. The van der Waals surface area contributed by atoms with Gasteiger partial charge in [-0.2, -0.15) is 0 Å². The highest BCUT2D eigenvalue weighted by atomic mass is 16.3. The van der Waals surface area contributed by atoms with Crippen LogP contribution in [0.5, 0.6) is 11.5 Å². The van der Waals surface area contributed by atoms with Gasteiger partial charge in [0.15, 0.2) is 18.8 Å². The van der Waals surface area contributed by atoms with E-state index >= 15 is 0 Å². The van der Waals surface area contributed by atoms with Gasteiger partial charge >= 0.3 is 0 Å². The van der Waals surface area contributed by atoms with Crippen molar-refractivity contribution in [1.29, 1.82) is 0 Å². The fraction of sp³-hybridized carbons (Fsp3) is 0.143. The van der Waals surface area contributed by atoms with Crippen LogP contribution in [0, 0.1) is 0 Å². The fourth-order valence-corrected chi connectivity index (χ4v) is 0.789. The number of benzene rings is 1. The molecule has 2 N–H and O–H groups in total. The zero-order valence-corrected chi connectivity index (χ0v) is 5.83. The number of hydrogen-bond donors (Lipinski definition) is 2. The summed E-state index contributed by atoms with van der Waals surface area (Å²) in [6.45, 7) is 1.99. The third kappa shape index (κ3) is 1.24. The van der Waals surface area contributed by atoms with Crippen molar-refractivity contribution in [2.45, 2.75) is 6.82 Å². The Balaban J connectivity index is 3.04. The Morgan fingerprint density at radius 1 is 1.20 bits per heavy atom. The third-order valence-corrected chi connectivity index (χ3v) is 1.45. The van der Waals surface area contributed by atoms with Crippen molar-refractivity contribution in [2.75, 3.05) is 0 Å². The van der Waals surface area contributed by atoms with Crippen LogP contribution in [0.25, 0.3) is 0 Å². The molecule has 1 aromatic carbocycles. The van der Waals surface area contributed by atoms with Crippen LogP contribution >= 0.6 is 0 Å².